The Morgan fingerprint density at radius 1 is 1.12 bits per heavy atom. The quantitative estimate of drug-likeness (QED) is 0.817. The fourth-order valence-corrected chi connectivity index (χ4v) is 4.01. The van der Waals surface area contributed by atoms with Crippen molar-refractivity contribution in [2.75, 3.05) is 46.8 Å². The van der Waals surface area contributed by atoms with Crippen molar-refractivity contribution in [1.82, 2.24) is 14.7 Å². The van der Waals surface area contributed by atoms with Gasteiger partial charge < -0.3 is 9.80 Å². The number of likely N-dealkylation sites (tertiary alicyclic amines) is 2. The second-order valence-corrected chi connectivity index (χ2v) is 7.80. The van der Waals surface area contributed by atoms with E-state index in [-0.39, 0.29) is 11.7 Å². The topological polar surface area (TPSA) is 26.8 Å². The molecule has 5 heteroatoms. The van der Waals surface area contributed by atoms with E-state index in [1.807, 2.05) is 17.0 Å². The van der Waals surface area contributed by atoms with Gasteiger partial charge in [-0.2, -0.15) is 0 Å². The van der Waals surface area contributed by atoms with Gasteiger partial charge in [0.05, 0.1) is 6.54 Å². The summed E-state index contributed by atoms with van der Waals surface area (Å²) in [6.45, 7) is 4.30. The summed E-state index contributed by atoms with van der Waals surface area (Å²) in [5, 5.41) is 0. The van der Waals surface area contributed by atoms with Gasteiger partial charge in [0.2, 0.25) is 5.91 Å². The number of benzene rings is 1. The summed E-state index contributed by atoms with van der Waals surface area (Å²) >= 11 is 0. The summed E-state index contributed by atoms with van der Waals surface area (Å²) in [6.07, 6.45) is 4.23. The smallest absolute Gasteiger partial charge is 0.236 e. The molecule has 0 unspecified atom stereocenters. The third kappa shape index (κ3) is 5.02. The monoisotopic (exact) mass is 347 g/mol. The predicted molar refractivity (Wildman–Crippen MR) is 97.9 cm³/mol. The second kappa shape index (κ2) is 8.28. The van der Waals surface area contributed by atoms with Crippen LogP contribution < -0.4 is 0 Å². The number of amides is 1. The van der Waals surface area contributed by atoms with Crippen LogP contribution in [0.1, 0.15) is 24.8 Å². The fourth-order valence-electron chi connectivity index (χ4n) is 4.01. The number of halogens is 1. The number of nitrogens with zero attached hydrogens (tertiary/aromatic N) is 3. The molecule has 0 aromatic heterocycles. The van der Waals surface area contributed by atoms with E-state index in [0.717, 1.165) is 51.9 Å². The van der Waals surface area contributed by atoms with Gasteiger partial charge >= 0.3 is 0 Å². The van der Waals surface area contributed by atoms with Gasteiger partial charge in [-0.3, -0.25) is 9.69 Å². The van der Waals surface area contributed by atoms with E-state index >= 15 is 0 Å². The zero-order chi connectivity index (χ0) is 17.8. The molecule has 3 rings (SSSR count). The number of carbonyl (C=O) groups excluding carboxylic acids is 1. The van der Waals surface area contributed by atoms with Crippen molar-refractivity contribution in [3.63, 3.8) is 0 Å². The van der Waals surface area contributed by atoms with Crippen molar-refractivity contribution < 1.29 is 9.18 Å². The van der Waals surface area contributed by atoms with E-state index in [0.29, 0.717) is 18.5 Å². The Labute approximate surface area is 150 Å². The van der Waals surface area contributed by atoms with Crippen LogP contribution in [0.4, 0.5) is 4.39 Å². The van der Waals surface area contributed by atoms with Crippen LogP contribution in [0.15, 0.2) is 24.3 Å². The molecule has 1 aromatic rings. The normalized spacial score (nSPS) is 22.7. The second-order valence-electron chi connectivity index (χ2n) is 7.80. The highest BCUT2D eigenvalue weighted by Gasteiger charge is 2.28. The van der Waals surface area contributed by atoms with Crippen LogP contribution in [0.2, 0.25) is 0 Å². The minimum atomic E-state index is -0.178. The number of rotatable bonds is 5. The predicted octanol–water partition coefficient (Wildman–Crippen LogP) is 2.24. The number of hydrogen-bond acceptors (Lipinski definition) is 3. The first-order valence-corrected chi connectivity index (χ1v) is 9.42. The van der Waals surface area contributed by atoms with Crippen LogP contribution in [-0.4, -0.2) is 73.5 Å². The number of piperidine rings is 1. The highest BCUT2D eigenvalue weighted by molar-refractivity contribution is 5.78. The SMILES string of the molecule is CN(C)[C@H]1CCN(CC(=O)N2CCC(Cc3ccc(F)cc3)CC2)C1. The molecule has 2 fully saturated rings. The standard InChI is InChI=1S/C20H30FN3O/c1-22(2)19-9-10-23(14-19)15-20(25)24-11-7-17(8-12-24)13-16-3-5-18(21)6-4-16/h3-6,17,19H,7-15H2,1-2H3/t19-/m0/s1. The van der Waals surface area contributed by atoms with Crippen molar-refractivity contribution in [2.45, 2.75) is 31.7 Å². The molecule has 25 heavy (non-hydrogen) atoms. The molecule has 138 valence electrons. The summed E-state index contributed by atoms with van der Waals surface area (Å²) in [7, 11) is 4.23. The third-order valence-corrected chi connectivity index (χ3v) is 5.74. The molecule has 2 heterocycles. The Morgan fingerprint density at radius 2 is 1.80 bits per heavy atom. The summed E-state index contributed by atoms with van der Waals surface area (Å²) in [4.78, 5) is 19.1. The summed E-state index contributed by atoms with van der Waals surface area (Å²) in [5.74, 6) is 0.696. The summed E-state index contributed by atoms with van der Waals surface area (Å²) in [5.41, 5.74) is 1.19. The first-order chi connectivity index (χ1) is 12.0. The number of likely N-dealkylation sites (N-methyl/N-ethyl adjacent to an activating group) is 1. The minimum Gasteiger partial charge on any atom is -0.342 e. The maximum atomic E-state index is 13.0. The zero-order valence-electron chi connectivity index (χ0n) is 15.5. The van der Waals surface area contributed by atoms with E-state index in [1.165, 1.54) is 17.7 Å². The molecule has 1 aromatic carbocycles. The Hall–Kier alpha value is -1.46. The van der Waals surface area contributed by atoms with Crippen molar-refractivity contribution in [2.24, 2.45) is 5.92 Å². The van der Waals surface area contributed by atoms with E-state index in [4.69, 9.17) is 0 Å². The van der Waals surface area contributed by atoms with Crippen molar-refractivity contribution >= 4 is 5.91 Å². The van der Waals surface area contributed by atoms with Crippen LogP contribution in [0.5, 0.6) is 0 Å². The van der Waals surface area contributed by atoms with Gasteiger partial charge in [-0.1, -0.05) is 12.1 Å². The zero-order valence-corrected chi connectivity index (χ0v) is 15.5. The summed E-state index contributed by atoms with van der Waals surface area (Å²) < 4.78 is 13.0. The van der Waals surface area contributed by atoms with E-state index < -0.39 is 0 Å². The molecule has 2 aliphatic rings. The lowest BCUT2D eigenvalue weighted by Gasteiger charge is -2.33. The first kappa shape index (κ1) is 18.3. The van der Waals surface area contributed by atoms with Crippen LogP contribution in [0.3, 0.4) is 0 Å². The molecule has 2 saturated heterocycles. The Morgan fingerprint density at radius 3 is 2.40 bits per heavy atom. The van der Waals surface area contributed by atoms with E-state index in [9.17, 15) is 9.18 Å². The maximum absolute atomic E-state index is 13.0. The first-order valence-electron chi connectivity index (χ1n) is 9.42. The van der Waals surface area contributed by atoms with Crippen LogP contribution in [-0.2, 0) is 11.2 Å². The average Bonchev–Trinajstić information content (AvgIpc) is 3.06. The van der Waals surface area contributed by atoms with E-state index in [2.05, 4.69) is 23.9 Å². The summed E-state index contributed by atoms with van der Waals surface area (Å²) in [6, 6.07) is 7.40. The van der Waals surface area contributed by atoms with Crippen molar-refractivity contribution in [3.05, 3.63) is 35.6 Å². The van der Waals surface area contributed by atoms with Gasteiger partial charge in [-0.25, -0.2) is 4.39 Å². The molecular weight excluding hydrogens is 317 g/mol. The maximum Gasteiger partial charge on any atom is 0.236 e. The number of carbonyl (C=O) groups is 1. The van der Waals surface area contributed by atoms with Gasteiger partial charge in [0.25, 0.3) is 0 Å². The minimum absolute atomic E-state index is 0.178. The Balaban J connectivity index is 1.41. The van der Waals surface area contributed by atoms with Gasteiger partial charge in [0, 0.05) is 32.2 Å². The van der Waals surface area contributed by atoms with E-state index in [1.54, 1.807) is 0 Å². The molecule has 0 spiro atoms. The lowest BCUT2D eigenvalue weighted by molar-refractivity contribution is -0.133. The Kier molecular flexibility index (Phi) is 6.07. The molecular formula is C20H30FN3O. The molecule has 0 bridgehead atoms. The lowest BCUT2D eigenvalue weighted by atomic mass is 9.90. The molecule has 2 aliphatic heterocycles. The molecule has 0 N–H and O–H groups in total. The highest BCUT2D eigenvalue weighted by Crippen LogP contribution is 2.22. The van der Waals surface area contributed by atoms with Gasteiger partial charge in [-0.05, 0) is 63.4 Å². The van der Waals surface area contributed by atoms with Crippen LogP contribution in [0.25, 0.3) is 0 Å². The number of hydrogen-bond donors (Lipinski definition) is 0. The van der Waals surface area contributed by atoms with Gasteiger partial charge in [-0.15, -0.1) is 0 Å². The highest BCUT2D eigenvalue weighted by atomic mass is 19.1. The van der Waals surface area contributed by atoms with Crippen LogP contribution >= 0.6 is 0 Å². The third-order valence-electron chi connectivity index (χ3n) is 5.74. The van der Waals surface area contributed by atoms with Crippen molar-refractivity contribution in [1.29, 1.82) is 0 Å². The van der Waals surface area contributed by atoms with Gasteiger partial charge in [0.15, 0.2) is 0 Å². The molecule has 4 nitrogen and oxygen atoms in total. The van der Waals surface area contributed by atoms with Crippen LogP contribution in [0, 0.1) is 11.7 Å². The fraction of sp³-hybridized carbons (Fsp3) is 0.650. The largest absolute Gasteiger partial charge is 0.342 e. The van der Waals surface area contributed by atoms with Crippen molar-refractivity contribution in [3.8, 4) is 0 Å². The lowest BCUT2D eigenvalue weighted by Crippen LogP contribution is -2.44. The molecule has 1 atom stereocenters. The molecule has 0 saturated carbocycles. The average molecular weight is 347 g/mol. The molecule has 0 radical (unpaired) electrons. The molecule has 0 aliphatic carbocycles. The Bertz CT molecular complexity index is 567. The van der Waals surface area contributed by atoms with Gasteiger partial charge in [0.1, 0.15) is 5.82 Å². The molecule has 1 amide bonds.